The van der Waals surface area contributed by atoms with Gasteiger partial charge in [-0.1, -0.05) is 24.3 Å². The third-order valence-corrected chi connectivity index (χ3v) is 10.8. The molecule has 0 bridgehead atoms. The van der Waals surface area contributed by atoms with Crippen molar-refractivity contribution in [2.45, 2.75) is 70.7 Å². The number of imidazole rings is 1. The lowest BCUT2D eigenvalue weighted by atomic mass is 9.90. The minimum absolute atomic E-state index is 0.00517. The molecule has 2 aromatic carbocycles. The van der Waals surface area contributed by atoms with Gasteiger partial charge in [-0.25, -0.2) is 32.9 Å². The summed E-state index contributed by atoms with van der Waals surface area (Å²) >= 11 is 0. The fraction of sp³-hybridized carbons (Fsp3) is 0.349. The zero-order valence-electron chi connectivity index (χ0n) is 32.9. The number of carbonyl (C=O) groups is 2. The van der Waals surface area contributed by atoms with Crippen molar-refractivity contribution < 1.29 is 28.2 Å². The molecule has 2 amide bonds. The van der Waals surface area contributed by atoms with Crippen LogP contribution in [-0.2, 0) is 11.3 Å². The number of halogens is 2. The number of amides is 2. The van der Waals surface area contributed by atoms with Crippen molar-refractivity contribution in [2.75, 3.05) is 26.2 Å². The van der Waals surface area contributed by atoms with Crippen molar-refractivity contribution in [3.63, 3.8) is 0 Å². The van der Waals surface area contributed by atoms with Crippen molar-refractivity contribution >= 4 is 28.7 Å². The SMILES string of the molecule is CC(C)(C)OC(=O)N1CCN(Cc2ccc(-c3cccc(-n4c(=O)n(C5CCC(NC(=O)c6cn7cc(F)ccc7n6)CC5)c(=O)c5cc(F)cnc54)c3)c(O)c2)CC1. The first kappa shape index (κ1) is 39.4. The fourth-order valence-electron chi connectivity index (χ4n) is 7.95. The molecule has 2 N–H and O–H groups in total. The Bertz CT molecular complexity index is 2710. The number of phenolic OH excluding ortho intramolecular Hbond substituents is 1. The molecule has 4 aromatic heterocycles. The van der Waals surface area contributed by atoms with Gasteiger partial charge in [-0.2, -0.15) is 0 Å². The summed E-state index contributed by atoms with van der Waals surface area (Å²) in [6.45, 7) is 8.46. The van der Waals surface area contributed by atoms with Crippen LogP contribution in [0.1, 0.15) is 68.5 Å². The van der Waals surface area contributed by atoms with Gasteiger partial charge < -0.3 is 24.5 Å². The van der Waals surface area contributed by atoms with Crippen LogP contribution < -0.4 is 16.6 Å². The van der Waals surface area contributed by atoms with Gasteiger partial charge >= 0.3 is 11.8 Å². The average molecular weight is 807 g/mol. The van der Waals surface area contributed by atoms with Gasteiger partial charge in [0.25, 0.3) is 11.5 Å². The molecular weight excluding hydrogens is 763 g/mol. The number of nitrogens with one attached hydrogen (secondary N) is 1. The second-order valence-electron chi connectivity index (χ2n) is 16.2. The minimum Gasteiger partial charge on any atom is -0.507 e. The van der Waals surface area contributed by atoms with Gasteiger partial charge in [-0.05, 0) is 94.0 Å². The summed E-state index contributed by atoms with van der Waals surface area (Å²) in [5, 5.41) is 14.2. The van der Waals surface area contributed by atoms with Gasteiger partial charge in [0, 0.05) is 62.8 Å². The molecular formula is C43H44F2N8O6. The normalized spacial score (nSPS) is 17.7. The second-order valence-corrected chi connectivity index (χ2v) is 16.2. The second kappa shape index (κ2) is 15.7. The molecule has 8 rings (SSSR count). The summed E-state index contributed by atoms with van der Waals surface area (Å²) in [6.07, 6.45) is 4.99. The van der Waals surface area contributed by atoms with Crippen LogP contribution in [0.15, 0.2) is 88.8 Å². The Kier molecular flexibility index (Phi) is 10.5. The van der Waals surface area contributed by atoms with Gasteiger partial charge in [0.1, 0.15) is 34.3 Å². The van der Waals surface area contributed by atoms with Crippen molar-refractivity contribution in [1.29, 1.82) is 0 Å². The summed E-state index contributed by atoms with van der Waals surface area (Å²) < 4.78 is 37.7. The number of aromatic hydroxyl groups is 1. The molecule has 2 fully saturated rings. The van der Waals surface area contributed by atoms with E-state index >= 15 is 0 Å². The number of benzene rings is 2. The van der Waals surface area contributed by atoms with Crippen molar-refractivity contribution in [1.82, 2.24) is 38.6 Å². The van der Waals surface area contributed by atoms with E-state index in [2.05, 4.69) is 20.2 Å². The highest BCUT2D eigenvalue weighted by Crippen LogP contribution is 2.33. The lowest BCUT2D eigenvalue weighted by molar-refractivity contribution is 0.0139. The number of carbonyl (C=O) groups excluding carboxylic acids is 2. The Labute approximate surface area is 337 Å². The van der Waals surface area contributed by atoms with E-state index in [9.17, 15) is 33.1 Å². The zero-order valence-corrected chi connectivity index (χ0v) is 32.9. The molecule has 59 heavy (non-hydrogen) atoms. The first-order chi connectivity index (χ1) is 28.2. The first-order valence-electron chi connectivity index (χ1n) is 19.6. The van der Waals surface area contributed by atoms with Crippen LogP contribution in [0, 0.1) is 11.6 Å². The topological polar surface area (TPSA) is 156 Å². The summed E-state index contributed by atoms with van der Waals surface area (Å²) in [7, 11) is 0. The van der Waals surface area contributed by atoms with E-state index in [0.717, 1.165) is 22.4 Å². The van der Waals surface area contributed by atoms with Gasteiger partial charge in [0.15, 0.2) is 5.65 Å². The highest BCUT2D eigenvalue weighted by atomic mass is 19.1. The monoisotopic (exact) mass is 806 g/mol. The number of hydrogen-bond acceptors (Lipinski definition) is 9. The predicted octanol–water partition coefficient (Wildman–Crippen LogP) is 5.81. The molecule has 1 saturated carbocycles. The van der Waals surface area contributed by atoms with Crippen LogP contribution >= 0.6 is 0 Å². The van der Waals surface area contributed by atoms with Crippen molar-refractivity contribution in [3.8, 4) is 22.6 Å². The molecule has 0 radical (unpaired) electrons. The Morgan fingerprint density at radius 3 is 2.41 bits per heavy atom. The fourth-order valence-corrected chi connectivity index (χ4v) is 7.95. The van der Waals surface area contributed by atoms with Gasteiger partial charge in [0.2, 0.25) is 0 Å². The van der Waals surface area contributed by atoms with E-state index in [4.69, 9.17) is 4.74 Å². The molecule has 16 heteroatoms. The number of rotatable bonds is 7. The number of phenols is 1. The highest BCUT2D eigenvalue weighted by Gasteiger charge is 2.29. The van der Waals surface area contributed by atoms with Crippen LogP contribution in [0.4, 0.5) is 13.6 Å². The van der Waals surface area contributed by atoms with E-state index in [1.54, 1.807) is 35.2 Å². The summed E-state index contributed by atoms with van der Waals surface area (Å²) in [4.78, 5) is 66.3. The Morgan fingerprint density at radius 2 is 1.68 bits per heavy atom. The van der Waals surface area contributed by atoms with Gasteiger partial charge in [-0.3, -0.25) is 19.1 Å². The van der Waals surface area contributed by atoms with Crippen LogP contribution in [-0.4, -0.2) is 88.2 Å². The van der Waals surface area contributed by atoms with E-state index < -0.39 is 40.4 Å². The quantitative estimate of drug-likeness (QED) is 0.203. The number of aromatic nitrogens is 5. The number of fused-ring (bicyclic) bond motifs is 2. The number of nitrogens with zero attached hydrogens (tertiary/aromatic N) is 7. The number of piperazine rings is 1. The third-order valence-electron chi connectivity index (χ3n) is 10.8. The van der Waals surface area contributed by atoms with Gasteiger partial charge in [0.05, 0.1) is 17.3 Å². The Balaban J connectivity index is 1.00. The molecule has 0 unspecified atom stereocenters. The number of hydrogen-bond donors (Lipinski definition) is 2. The van der Waals surface area contributed by atoms with E-state index in [-0.39, 0.29) is 34.6 Å². The van der Waals surface area contributed by atoms with Crippen LogP contribution in [0.25, 0.3) is 33.5 Å². The third kappa shape index (κ3) is 8.30. The largest absolute Gasteiger partial charge is 0.507 e. The molecule has 0 atom stereocenters. The maximum absolute atomic E-state index is 14.6. The van der Waals surface area contributed by atoms with Crippen molar-refractivity contribution in [3.05, 3.63) is 123 Å². The summed E-state index contributed by atoms with van der Waals surface area (Å²) in [5.74, 6) is -1.56. The maximum Gasteiger partial charge on any atom is 0.410 e. The molecule has 14 nitrogen and oxygen atoms in total. The zero-order chi connectivity index (χ0) is 41.6. The highest BCUT2D eigenvalue weighted by molar-refractivity contribution is 5.93. The Morgan fingerprint density at radius 1 is 0.915 bits per heavy atom. The van der Waals surface area contributed by atoms with Crippen LogP contribution in [0.3, 0.4) is 0 Å². The maximum atomic E-state index is 14.6. The van der Waals surface area contributed by atoms with Crippen LogP contribution in [0.2, 0.25) is 0 Å². The molecule has 5 heterocycles. The number of pyridine rings is 2. The van der Waals surface area contributed by atoms with Gasteiger partial charge in [-0.15, -0.1) is 0 Å². The van der Waals surface area contributed by atoms with Crippen LogP contribution in [0.5, 0.6) is 5.75 Å². The molecule has 1 aliphatic heterocycles. The smallest absolute Gasteiger partial charge is 0.410 e. The first-order valence-corrected chi connectivity index (χ1v) is 19.6. The summed E-state index contributed by atoms with van der Waals surface area (Å²) in [6, 6.07) is 15.4. The Hall–Kier alpha value is -6.42. The molecule has 2 aliphatic rings. The number of ether oxygens (including phenoxy) is 1. The van der Waals surface area contributed by atoms with Crippen molar-refractivity contribution in [2.24, 2.45) is 0 Å². The lowest BCUT2D eigenvalue weighted by Gasteiger charge is -2.35. The standard InChI is InChI=1S/C43H44F2N8O6/c1-43(2,3)59-42(58)50-17-15-49(16-18-50)23-26-7-13-33(36(54)19-26)27-5-4-6-32(20-27)52-38-34(21-29(45)22-46-38)40(56)53(41(52)57)31-11-9-30(10-12-31)47-39(55)35-25-51-24-28(44)8-14-37(51)48-35/h4-8,13-14,19-22,24-25,30-31,54H,9-12,15-18,23H2,1-3H3,(H,47,55). The molecule has 1 aliphatic carbocycles. The minimum atomic E-state index is -0.726. The van der Waals surface area contributed by atoms with E-state index in [1.165, 1.54) is 33.5 Å². The molecule has 6 aromatic rings. The van der Waals surface area contributed by atoms with E-state index in [1.807, 2.05) is 32.9 Å². The van der Waals surface area contributed by atoms with E-state index in [0.29, 0.717) is 80.9 Å². The molecule has 1 saturated heterocycles. The predicted molar refractivity (Wildman–Crippen MR) is 216 cm³/mol. The molecule has 306 valence electrons. The summed E-state index contributed by atoms with van der Waals surface area (Å²) in [5.41, 5.74) is 1.07. The lowest BCUT2D eigenvalue weighted by Crippen LogP contribution is -2.49. The molecule has 0 spiro atoms. The average Bonchev–Trinajstić information content (AvgIpc) is 3.62.